The Bertz CT molecular complexity index is 417. The van der Waals surface area contributed by atoms with E-state index in [0.29, 0.717) is 0 Å². The van der Waals surface area contributed by atoms with E-state index in [9.17, 15) is 0 Å². The van der Waals surface area contributed by atoms with E-state index in [1.54, 1.807) is 0 Å². The Labute approximate surface area is 88.6 Å². The monoisotopic (exact) mass is 254 g/mol. The highest BCUT2D eigenvalue weighted by Crippen LogP contribution is 2.35. The summed E-state index contributed by atoms with van der Waals surface area (Å²) in [5.41, 5.74) is 1.53. The lowest BCUT2D eigenvalue weighted by Crippen LogP contribution is -1.79. The summed E-state index contributed by atoms with van der Waals surface area (Å²) in [7, 11) is 0.874. The Morgan fingerprint density at radius 1 is 1.38 bits per heavy atom. The number of hydrogen-bond donors (Lipinski definition) is 0. The lowest BCUT2D eigenvalue weighted by atomic mass is 10.1. The van der Waals surface area contributed by atoms with Crippen LogP contribution in [0, 0.1) is 0 Å². The minimum absolute atomic E-state index is 0.874. The third kappa shape index (κ3) is 1.68. The number of aryl methyl sites for hydroxylation is 1. The normalized spacial score (nSPS) is 11.5. The molecule has 68 valence electrons. The number of rotatable bonds is 2. The van der Waals surface area contributed by atoms with Crippen LogP contribution in [0.1, 0.15) is 18.9 Å². The van der Waals surface area contributed by atoms with Gasteiger partial charge in [0.1, 0.15) is 0 Å². The van der Waals surface area contributed by atoms with Crippen molar-refractivity contribution in [2.24, 2.45) is 0 Å². The summed E-state index contributed by atoms with van der Waals surface area (Å²) < 4.78 is 1.26. The van der Waals surface area contributed by atoms with Gasteiger partial charge in [-0.1, -0.05) is 41.4 Å². The van der Waals surface area contributed by atoms with Crippen LogP contribution in [0.2, 0.25) is 0 Å². The molecule has 0 spiro atoms. The standard InChI is InChI=1S/C11H12BrP/c1-2-4-8-7-13-10-6-3-5-9(12)11(8)10/h3,5-7,13H,2,4H2,1H3. The van der Waals surface area contributed by atoms with E-state index in [1.807, 2.05) is 0 Å². The van der Waals surface area contributed by atoms with Crippen LogP contribution >= 0.6 is 24.1 Å². The summed E-state index contributed by atoms with van der Waals surface area (Å²) >= 11 is 3.62. The second-order valence-electron chi connectivity index (χ2n) is 3.23. The summed E-state index contributed by atoms with van der Waals surface area (Å²) in [6.45, 7) is 2.23. The highest BCUT2D eigenvalue weighted by molar-refractivity contribution is 9.10. The van der Waals surface area contributed by atoms with Gasteiger partial charge < -0.3 is 0 Å². The van der Waals surface area contributed by atoms with Gasteiger partial charge in [-0.25, -0.2) is 0 Å². The van der Waals surface area contributed by atoms with Gasteiger partial charge in [0, 0.05) is 9.86 Å². The molecule has 0 bridgehead atoms. The van der Waals surface area contributed by atoms with Gasteiger partial charge in [-0.2, -0.15) is 0 Å². The maximum atomic E-state index is 3.62. The Morgan fingerprint density at radius 2 is 2.23 bits per heavy atom. The first-order chi connectivity index (χ1) is 6.33. The topological polar surface area (TPSA) is 0 Å². The van der Waals surface area contributed by atoms with Gasteiger partial charge in [0.05, 0.1) is 0 Å². The third-order valence-corrected chi connectivity index (χ3v) is 4.14. The largest absolute Gasteiger partial charge is 0.131 e. The minimum atomic E-state index is 0.874. The zero-order valence-electron chi connectivity index (χ0n) is 7.60. The van der Waals surface area contributed by atoms with Crippen molar-refractivity contribution in [3.05, 3.63) is 34.0 Å². The van der Waals surface area contributed by atoms with Crippen LogP contribution in [-0.4, -0.2) is 0 Å². The fourth-order valence-corrected chi connectivity index (χ4v) is 3.73. The summed E-state index contributed by atoms with van der Waals surface area (Å²) in [6, 6.07) is 6.49. The molecule has 2 aromatic rings. The highest BCUT2D eigenvalue weighted by Gasteiger charge is 2.04. The lowest BCUT2D eigenvalue weighted by molar-refractivity contribution is 0.933. The molecule has 0 fully saturated rings. The van der Waals surface area contributed by atoms with Gasteiger partial charge in [0.15, 0.2) is 0 Å². The SMILES string of the molecule is CCCc1c[pH]c2cccc(Br)c12. The molecule has 0 radical (unpaired) electrons. The summed E-state index contributed by atoms with van der Waals surface area (Å²) in [4.78, 5) is 0. The smallest absolute Gasteiger partial charge is 0.0259 e. The van der Waals surface area contributed by atoms with Crippen molar-refractivity contribution in [1.82, 2.24) is 0 Å². The molecule has 0 N–H and O–H groups in total. The van der Waals surface area contributed by atoms with E-state index < -0.39 is 0 Å². The average molecular weight is 255 g/mol. The van der Waals surface area contributed by atoms with Gasteiger partial charge in [0.25, 0.3) is 0 Å². The second kappa shape index (κ2) is 3.86. The molecule has 1 aromatic heterocycles. The Balaban J connectivity index is 2.64. The van der Waals surface area contributed by atoms with E-state index in [0.717, 1.165) is 8.19 Å². The summed E-state index contributed by atoms with van der Waals surface area (Å²) in [6.07, 6.45) is 2.44. The Hall–Kier alpha value is -0.260. The zero-order valence-corrected chi connectivity index (χ0v) is 10.2. The van der Waals surface area contributed by atoms with Crippen LogP contribution in [0.25, 0.3) is 10.5 Å². The van der Waals surface area contributed by atoms with Crippen LogP contribution < -0.4 is 0 Å². The van der Waals surface area contributed by atoms with Gasteiger partial charge in [-0.05, 0) is 29.0 Å². The molecule has 0 aliphatic carbocycles. The maximum Gasteiger partial charge on any atom is 0.0259 e. The molecule has 1 aromatic carbocycles. The van der Waals surface area contributed by atoms with Crippen molar-refractivity contribution in [2.45, 2.75) is 19.8 Å². The number of benzene rings is 1. The highest BCUT2D eigenvalue weighted by atomic mass is 79.9. The van der Waals surface area contributed by atoms with Crippen LogP contribution in [0.15, 0.2) is 28.5 Å². The predicted octanol–water partition coefficient (Wildman–Crippen LogP) is 4.59. The molecule has 0 aliphatic heterocycles. The Kier molecular flexibility index (Phi) is 2.76. The van der Waals surface area contributed by atoms with E-state index in [4.69, 9.17) is 0 Å². The van der Waals surface area contributed by atoms with Crippen molar-refractivity contribution in [3.8, 4) is 0 Å². The van der Waals surface area contributed by atoms with Crippen LogP contribution in [-0.2, 0) is 6.42 Å². The van der Waals surface area contributed by atoms with Gasteiger partial charge in [-0.3, -0.25) is 0 Å². The van der Waals surface area contributed by atoms with Crippen molar-refractivity contribution in [2.75, 3.05) is 0 Å². The molecular weight excluding hydrogens is 243 g/mol. The predicted molar refractivity (Wildman–Crippen MR) is 65.1 cm³/mol. The molecule has 0 nitrogen and oxygen atoms in total. The molecular formula is C11H12BrP. The van der Waals surface area contributed by atoms with E-state index in [2.05, 4.69) is 46.9 Å². The van der Waals surface area contributed by atoms with Crippen LogP contribution in [0.4, 0.5) is 0 Å². The lowest BCUT2D eigenvalue weighted by Gasteiger charge is -1.98. The first kappa shape index (κ1) is 9.30. The Morgan fingerprint density at radius 3 is 3.00 bits per heavy atom. The molecule has 1 unspecified atom stereocenters. The molecule has 2 rings (SSSR count). The molecule has 0 amide bonds. The summed E-state index contributed by atoms with van der Waals surface area (Å²) in [5.74, 6) is 2.39. The van der Waals surface area contributed by atoms with Crippen molar-refractivity contribution >= 4 is 34.6 Å². The van der Waals surface area contributed by atoms with Crippen molar-refractivity contribution in [3.63, 3.8) is 0 Å². The van der Waals surface area contributed by atoms with E-state index >= 15 is 0 Å². The molecule has 1 atom stereocenters. The molecule has 0 saturated carbocycles. The quantitative estimate of drug-likeness (QED) is 0.736. The zero-order chi connectivity index (χ0) is 9.26. The van der Waals surface area contributed by atoms with Crippen molar-refractivity contribution in [1.29, 1.82) is 0 Å². The number of fused-ring (bicyclic) bond motifs is 1. The molecule has 2 heteroatoms. The first-order valence-electron chi connectivity index (χ1n) is 4.57. The van der Waals surface area contributed by atoms with E-state index in [1.165, 1.54) is 33.4 Å². The first-order valence-corrected chi connectivity index (χ1v) is 6.44. The van der Waals surface area contributed by atoms with E-state index in [-0.39, 0.29) is 0 Å². The third-order valence-electron chi connectivity index (χ3n) is 2.26. The van der Waals surface area contributed by atoms with Gasteiger partial charge in [0.2, 0.25) is 0 Å². The molecule has 0 saturated heterocycles. The number of hydrogen-bond acceptors (Lipinski definition) is 0. The van der Waals surface area contributed by atoms with Crippen LogP contribution in [0.3, 0.4) is 0 Å². The minimum Gasteiger partial charge on any atom is -0.131 e. The van der Waals surface area contributed by atoms with Gasteiger partial charge >= 0.3 is 0 Å². The second-order valence-corrected chi connectivity index (χ2v) is 5.20. The fourth-order valence-electron chi connectivity index (χ4n) is 1.67. The molecule has 13 heavy (non-hydrogen) atoms. The summed E-state index contributed by atoms with van der Waals surface area (Å²) in [5, 5.41) is 2.96. The maximum absolute atomic E-state index is 3.62. The van der Waals surface area contributed by atoms with Crippen LogP contribution in [0.5, 0.6) is 0 Å². The van der Waals surface area contributed by atoms with Gasteiger partial charge in [-0.15, -0.1) is 8.19 Å². The molecule has 0 aliphatic rings. The fraction of sp³-hybridized carbons (Fsp3) is 0.273. The van der Waals surface area contributed by atoms with Crippen molar-refractivity contribution < 1.29 is 0 Å². The average Bonchev–Trinajstić information content (AvgIpc) is 2.51. The number of halogens is 1. The molecule has 1 heterocycles.